The lowest BCUT2D eigenvalue weighted by Gasteiger charge is -2.36. The molecule has 4 heterocycles. The van der Waals surface area contributed by atoms with Crippen molar-refractivity contribution in [1.29, 1.82) is 0 Å². The van der Waals surface area contributed by atoms with Crippen molar-refractivity contribution in [3.8, 4) is 0 Å². The van der Waals surface area contributed by atoms with Crippen molar-refractivity contribution in [2.24, 2.45) is 5.92 Å². The molecule has 0 spiro atoms. The van der Waals surface area contributed by atoms with Gasteiger partial charge in [-0.15, -0.1) is 11.3 Å². The maximum atomic E-state index is 13.3. The van der Waals surface area contributed by atoms with E-state index in [-0.39, 0.29) is 16.7 Å². The number of sulfonamides is 1. The first kappa shape index (κ1) is 26.7. The summed E-state index contributed by atoms with van der Waals surface area (Å²) in [7, 11) is -3.49. The minimum atomic E-state index is -3.49. The Morgan fingerprint density at radius 1 is 1.00 bits per heavy atom. The van der Waals surface area contributed by atoms with Crippen molar-refractivity contribution in [2.75, 3.05) is 44.2 Å². The fourth-order valence-corrected chi connectivity index (χ4v) is 8.88. The van der Waals surface area contributed by atoms with Crippen molar-refractivity contribution in [3.05, 3.63) is 46.1 Å². The molecule has 1 atom stereocenters. The zero-order valence-electron chi connectivity index (χ0n) is 23.0. The van der Waals surface area contributed by atoms with Crippen molar-refractivity contribution >= 4 is 43.3 Å². The Balaban J connectivity index is 1.20. The molecule has 6 rings (SSSR count). The maximum Gasteiger partial charge on any atom is 0.253 e. The smallest absolute Gasteiger partial charge is 0.253 e. The summed E-state index contributed by atoms with van der Waals surface area (Å²) >= 11 is 1.84. The Morgan fingerprint density at radius 3 is 2.36 bits per heavy atom. The number of hydrogen-bond acceptors (Lipinski definition) is 7. The molecule has 208 valence electrons. The van der Waals surface area contributed by atoms with Gasteiger partial charge in [0.15, 0.2) is 0 Å². The standard InChI is InChI=1S/C29H37N5O3S2/c1-19(2)26-30-27(25-23-11-6-20(3)18-24(23)38-28(25)31-26)32-14-16-33(17-15-32)29(35)21-7-9-22(10-8-21)39(36,37)34-12-4-5-13-34/h7-10,19-20H,4-6,11-18H2,1-3H3. The molecule has 3 aromatic rings. The van der Waals surface area contributed by atoms with Crippen LogP contribution in [0.15, 0.2) is 29.2 Å². The molecule has 0 saturated carbocycles. The zero-order valence-corrected chi connectivity index (χ0v) is 24.7. The summed E-state index contributed by atoms with van der Waals surface area (Å²) in [6.07, 6.45) is 5.19. The third kappa shape index (κ3) is 4.95. The second-order valence-corrected chi connectivity index (χ2v) is 14.5. The van der Waals surface area contributed by atoms with E-state index >= 15 is 0 Å². The van der Waals surface area contributed by atoms with Crippen LogP contribution in [0.25, 0.3) is 10.2 Å². The topological polar surface area (TPSA) is 86.7 Å². The molecule has 1 aromatic carbocycles. The number of carbonyl (C=O) groups is 1. The van der Waals surface area contributed by atoms with Crippen LogP contribution in [0.4, 0.5) is 5.82 Å². The number of rotatable bonds is 5. The van der Waals surface area contributed by atoms with Crippen molar-refractivity contribution in [1.82, 2.24) is 19.2 Å². The minimum Gasteiger partial charge on any atom is -0.352 e. The van der Waals surface area contributed by atoms with Crippen LogP contribution in [0.1, 0.15) is 72.6 Å². The highest BCUT2D eigenvalue weighted by atomic mass is 32.2. The molecule has 0 N–H and O–H groups in total. The molecule has 2 aliphatic heterocycles. The van der Waals surface area contributed by atoms with Gasteiger partial charge in [0.1, 0.15) is 16.5 Å². The molecule has 2 saturated heterocycles. The van der Waals surface area contributed by atoms with Gasteiger partial charge in [-0.05, 0) is 67.9 Å². The highest BCUT2D eigenvalue weighted by molar-refractivity contribution is 7.89. The average molecular weight is 568 g/mol. The van der Waals surface area contributed by atoms with Crippen LogP contribution in [-0.4, -0.2) is 72.8 Å². The SMILES string of the molecule is CC1CCc2c(sc3nc(C(C)C)nc(N4CCN(C(=O)c5ccc(S(=O)(=O)N6CCCC6)cc5)CC4)c23)C1. The Hall–Kier alpha value is -2.56. The summed E-state index contributed by atoms with van der Waals surface area (Å²) in [5.41, 5.74) is 1.96. The van der Waals surface area contributed by atoms with Gasteiger partial charge in [0, 0.05) is 55.6 Å². The molecule has 1 aliphatic carbocycles. The lowest BCUT2D eigenvalue weighted by Crippen LogP contribution is -2.49. The molecule has 2 fully saturated rings. The largest absolute Gasteiger partial charge is 0.352 e. The normalized spacial score (nSPS) is 20.7. The zero-order chi connectivity index (χ0) is 27.3. The third-order valence-electron chi connectivity index (χ3n) is 8.34. The van der Waals surface area contributed by atoms with E-state index in [1.807, 2.05) is 16.2 Å². The van der Waals surface area contributed by atoms with Crippen LogP contribution in [-0.2, 0) is 22.9 Å². The summed E-state index contributed by atoms with van der Waals surface area (Å²) in [6, 6.07) is 6.45. The summed E-state index contributed by atoms with van der Waals surface area (Å²) in [5.74, 6) is 2.80. The number of carbonyl (C=O) groups excluding carboxylic acids is 1. The quantitative estimate of drug-likeness (QED) is 0.445. The molecule has 39 heavy (non-hydrogen) atoms. The number of fused-ring (bicyclic) bond motifs is 3. The molecule has 0 bridgehead atoms. The Kier molecular flexibility index (Phi) is 7.14. The number of nitrogens with zero attached hydrogens (tertiary/aromatic N) is 5. The van der Waals surface area contributed by atoms with Gasteiger partial charge < -0.3 is 9.80 Å². The molecule has 8 nitrogen and oxygen atoms in total. The van der Waals surface area contributed by atoms with Crippen LogP contribution >= 0.6 is 11.3 Å². The van der Waals surface area contributed by atoms with E-state index in [2.05, 4.69) is 25.7 Å². The number of benzene rings is 1. The van der Waals surface area contributed by atoms with Gasteiger partial charge in [-0.2, -0.15) is 4.31 Å². The van der Waals surface area contributed by atoms with Crippen LogP contribution in [0.2, 0.25) is 0 Å². The molecular formula is C29H37N5O3S2. The van der Waals surface area contributed by atoms with Crippen LogP contribution in [0, 0.1) is 5.92 Å². The van der Waals surface area contributed by atoms with E-state index in [1.165, 1.54) is 26.6 Å². The predicted octanol–water partition coefficient (Wildman–Crippen LogP) is 4.69. The van der Waals surface area contributed by atoms with Gasteiger partial charge in [0.2, 0.25) is 10.0 Å². The number of thiophene rings is 1. The van der Waals surface area contributed by atoms with Gasteiger partial charge in [0.25, 0.3) is 5.91 Å². The van der Waals surface area contributed by atoms with Gasteiger partial charge in [0.05, 0.1) is 10.3 Å². The highest BCUT2D eigenvalue weighted by Crippen LogP contribution is 2.41. The fraction of sp³-hybridized carbons (Fsp3) is 0.552. The summed E-state index contributed by atoms with van der Waals surface area (Å²) in [6.45, 7) is 10.3. The second kappa shape index (κ2) is 10.4. The van der Waals surface area contributed by atoms with E-state index in [1.54, 1.807) is 24.3 Å². The highest BCUT2D eigenvalue weighted by Gasteiger charge is 2.30. The van der Waals surface area contributed by atoms with Crippen LogP contribution < -0.4 is 4.90 Å². The maximum absolute atomic E-state index is 13.3. The number of amides is 1. The average Bonchev–Trinajstić information content (AvgIpc) is 3.61. The second-order valence-electron chi connectivity index (χ2n) is 11.5. The Morgan fingerprint density at radius 2 is 1.69 bits per heavy atom. The lowest BCUT2D eigenvalue weighted by atomic mass is 9.89. The van der Waals surface area contributed by atoms with Gasteiger partial charge in [-0.3, -0.25) is 4.79 Å². The summed E-state index contributed by atoms with van der Waals surface area (Å²) in [4.78, 5) is 30.4. The molecule has 0 radical (unpaired) electrons. The third-order valence-corrected chi connectivity index (χ3v) is 11.4. The number of anilines is 1. The molecule has 1 unspecified atom stereocenters. The first-order valence-corrected chi connectivity index (χ1v) is 16.4. The fourth-order valence-electron chi connectivity index (χ4n) is 5.98. The van der Waals surface area contributed by atoms with E-state index < -0.39 is 10.0 Å². The van der Waals surface area contributed by atoms with Crippen LogP contribution in [0.5, 0.6) is 0 Å². The number of piperazine rings is 1. The molecule has 1 amide bonds. The van der Waals surface area contributed by atoms with E-state index in [4.69, 9.17) is 9.97 Å². The Labute approximate surface area is 235 Å². The first-order chi connectivity index (χ1) is 18.7. The number of aryl methyl sites for hydroxylation is 1. The van der Waals surface area contributed by atoms with Crippen molar-refractivity contribution in [2.45, 2.75) is 63.7 Å². The lowest BCUT2D eigenvalue weighted by molar-refractivity contribution is 0.0746. The predicted molar refractivity (Wildman–Crippen MR) is 155 cm³/mol. The van der Waals surface area contributed by atoms with Crippen LogP contribution in [0.3, 0.4) is 0 Å². The minimum absolute atomic E-state index is 0.0580. The molecule has 10 heteroatoms. The summed E-state index contributed by atoms with van der Waals surface area (Å²) in [5, 5.41) is 1.22. The monoisotopic (exact) mass is 567 g/mol. The molecule has 2 aromatic heterocycles. The first-order valence-electron chi connectivity index (χ1n) is 14.2. The number of hydrogen-bond donors (Lipinski definition) is 0. The van der Waals surface area contributed by atoms with E-state index in [0.29, 0.717) is 50.7 Å². The van der Waals surface area contributed by atoms with Gasteiger partial charge >= 0.3 is 0 Å². The molecular weight excluding hydrogens is 530 g/mol. The summed E-state index contributed by atoms with van der Waals surface area (Å²) < 4.78 is 27.2. The van der Waals surface area contributed by atoms with Crippen molar-refractivity contribution < 1.29 is 13.2 Å². The van der Waals surface area contributed by atoms with E-state index in [9.17, 15) is 13.2 Å². The molecule has 3 aliphatic rings. The van der Waals surface area contributed by atoms with Crippen molar-refractivity contribution in [3.63, 3.8) is 0 Å². The van der Waals surface area contributed by atoms with Gasteiger partial charge in [-0.25, -0.2) is 18.4 Å². The Bertz CT molecular complexity index is 1490. The number of aromatic nitrogens is 2. The van der Waals surface area contributed by atoms with Gasteiger partial charge in [-0.1, -0.05) is 20.8 Å². The van der Waals surface area contributed by atoms with E-state index in [0.717, 1.165) is 42.2 Å².